The minimum Gasteiger partial charge on any atom is -0.497 e. The second-order valence-corrected chi connectivity index (χ2v) is 10.2. The monoisotopic (exact) mass is 570 g/mol. The quantitative estimate of drug-likeness (QED) is 0.209. The molecule has 1 N–H and O–H groups in total. The minimum absolute atomic E-state index is 0.269. The number of aliphatic hydroxyl groups excluding tert-OH is 1. The predicted octanol–water partition coefficient (Wildman–Crippen LogP) is 5.69. The molecule has 5 rings (SSSR count). The summed E-state index contributed by atoms with van der Waals surface area (Å²) in [5.41, 5.74) is 3.99. The Morgan fingerprint density at radius 2 is 0.952 bits per heavy atom. The number of rotatable bonds is 14. The molecule has 1 aliphatic rings. The number of hydrogen-bond acceptors (Lipinski definition) is 7. The van der Waals surface area contributed by atoms with E-state index >= 15 is 0 Å². The molecule has 0 bridgehead atoms. The van der Waals surface area contributed by atoms with Crippen LogP contribution in [0, 0.1) is 0 Å². The van der Waals surface area contributed by atoms with Gasteiger partial charge in [-0.25, -0.2) is 0 Å². The largest absolute Gasteiger partial charge is 0.497 e. The summed E-state index contributed by atoms with van der Waals surface area (Å²) in [5.74, 6) is 0.768. The van der Waals surface area contributed by atoms with Crippen LogP contribution in [0.25, 0.3) is 0 Å². The standard InChI is InChI=1S/C35H38O7/c1-37-30-19-17-29(18-20-30)24-38-32-31(21-36)42-35(41-25-28-15-9-4-10-16-28)34(40-23-27-13-7-3-8-14-27)33(32)39-22-26-11-5-2-6-12-26/h2-20,31-36H,21-25H2,1H3/t31-,32-,33+,34-,35+/m1/s1. The van der Waals surface area contributed by atoms with Crippen molar-refractivity contribution in [1.29, 1.82) is 0 Å². The number of benzene rings is 4. The van der Waals surface area contributed by atoms with Gasteiger partial charge in [-0.15, -0.1) is 0 Å². The number of methoxy groups -OCH3 is 1. The van der Waals surface area contributed by atoms with Crippen molar-refractivity contribution in [3.8, 4) is 5.75 Å². The second-order valence-electron chi connectivity index (χ2n) is 10.2. The van der Waals surface area contributed by atoms with Crippen molar-refractivity contribution in [3.05, 3.63) is 138 Å². The molecule has 0 aromatic heterocycles. The molecule has 7 nitrogen and oxygen atoms in total. The fourth-order valence-electron chi connectivity index (χ4n) is 4.93. The summed E-state index contributed by atoms with van der Waals surface area (Å²) >= 11 is 0. The van der Waals surface area contributed by atoms with Crippen LogP contribution in [-0.2, 0) is 50.1 Å². The van der Waals surface area contributed by atoms with Crippen molar-refractivity contribution in [2.24, 2.45) is 0 Å². The van der Waals surface area contributed by atoms with Crippen LogP contribution < -0.4 is 4.74 Å². The van der Waals surface area contributed by atoms with Gasteiger partial charge in [0.05, 0.1) is 40.1 Å². The minimum atomic E-state index is -0.798. The number of ether oxygens (including phenoxy) is 6. The molecule has 1 saturated heterocycles. The zero-order chi connectivity index (χ0) is 29.0. The van der Waals surface area contributed by atoms with E-state index in [-0.39, 0.29) is 6.61 Å². The molecule has 5 atom stereocenters. The Balaban J connectivity index is 1.41. The lowest BCUT2D eigenvalue weighted by Gasteiger charge is -2.45. The first-order chi connectivity index (χ1) is 20.7. The van der Waals surface area contributed by atoms with Crippen LogP contribution in [0.15, 0.2) is 115 Å². The highest BCUT2D eigenvalue weighted by atomic mass is 16.7. The van der Waals surface area contributed by atoms with Gasteiger partial charge in [-0.1, -0.05) is 103 Å². The van der Waals surface area contributed by atoms with Gasteiger partial charge >= 0.3 is 0 Å². The summed E-state index contributed by atoms with van der Waals surface area (Å²) in [6.45, 7) is 1.01. The van der Waals surface area contributed by atoms with E-state index in [4.69, 9.17) is 28.4 Å². The Labute approximate surface area is 247 Å². The molecular weight excluding hydrogens is 532 g/mol. The van der Waals surface area contributed by atoms with Gasteiger partial charge in [0.1, 0.15) is 30.2 Å². The molecule has 1 heterocycles. The van der Waals surface area contributed by atoms with Crippen LogP contribution in [0.3, 0.4) is 0 Å². The molecular formula is C35H38O7. The number of aliphatic hydroxyl groups is 1. The smallest absolute Gasteiger partial charge is 0.187 e. The van der Waals surface area contributed by atoms with Gasteiger partial charge in [-0.3, -0.25) is 0 Å². The van der Waals surface area contributed by atoms with E-state index in [1.165, 1.54) is 0 Å². The Hall–Kier alpha value is -3.56. The van der Waals surface area contributed by atoms with Crippen molar-refractivity contribution in [1.82, 2.24) is 0 Å². The van der Waals surface area contributed by atoms with Crippen LogP contribution in [0.5, 0.6) is 5.75 Å². The third-order valence-corrected chi connectivity index (χ3v) is 7.20. The highest BCUT2D eigenvalue weighted by Gasteiger charge is 2.48. The first-order valence-corrected chi connectivity index (χ1v) is 14.2. The van der Waals surface area contributed by atoms with Gasteiger partial charge in [0.15, 0.2) is 6.29 Å². The van der Waals surface area contributed by atoms with E-state index in [2.05, 4.69) is 0 Å². The average Bonchev–Trinajstić information content (AvgIpc) is 3.06. The maximum absolute atomic E-state index is 10.5. The summed E-state index contributed by atoms with van der Waals surface area (Å²) in [6.07, 6.45) is -3.35. The molecule has 0 radical (unpaired) electrons. The highest BCUT2D eigenvalue weighted by Crippen LogP contribution is 2.31. The van der Waals surface area contributed by atoms with Crippen molar-refractivity contribution in [2.75, 3.05) is 13.7 Å². The molecule has 1 fully saturated rings. The zero-order valence-electron chi connectivity index (χ0n) is 23.8. The fraction of sp³-hybridized carbons (Fsp3) is 0.314. The lowest BCUT2D eigenvalue weighted by atomic mass is 9.97. The molecule has 4 aromatic rings. The topological polar surface area (TPSA) is 75.6 Å². The van der Waals surface area contributed by atoms with E-state index < -0.39 is 30.7 Å². The SMILES string of the molecule is COc1ccc(CO[C@H]2[C@H](OCc3ccccc3)[C@@H](OCc3ccccc3)[C@@H](OCc3ccccc3)O[C@@H]2CO)cc1. The van der Waals surface area contributed by atoms with Crippen molar-refractivity contribution >= 4 is 0 Å². The zero-order valence-corrected chi connectivity index (χ0v) is 23.8. The van der Waals surface area contributed by atoms with Crippen molar-refractivity contribution in [3.63, 3.8) is 0 Å². The molecule has 0 aliphatic carbocycles. The summed E-state index contributed by atoms with van der Waals surface area (Å²) in [7, 11) is 1.64. The van der Waals surface area contributed by atoms with Gasteiger partial charge in [-0.2, -0.15) is 0 Å². The lowest BCUT2D eigenvalue weighted by Crippen LogP contribution is -2.61. The normalized spacial score (nSPS) is 22.1. The third-order valence-electron chi connectivity index (χ3n) is 7.20. The fourth-order valence-corrected chi connectivity index (χ4v) is 4.93. The molecule has 0 saturated carbocycles. The predicted molar refractivity (Wildman–Crippen MR) is 159 cm³/mol. The van der Waals surface area contributed by atoms with E-state index in [0.29, 0.717) is 26.4 Å². The summed E-state index contributed by atoms with van der Waals surface area (Å²) in [4.78, 5) is 0. The Bertz CT molecular complexity index is 1300. The van der Waals surface area contributed by atoms with Gasteiger partial charge in [0.2, 0.25) is 0 Å². The van der Waals surface area contributed by atoms with Crippen LogP contribution in [0.2, 0.25) is 0 Å². The molecule has 220 valence electrons. The first-order valence-electron chi connectivity index (χ1n) is 14.2. The average molecular weight is 571 g/mol. The maximum atomic E-state index is 10.5. The van der Waals surface area contributed by atoms with E-state index in [1.807, 2.05) is 115 Å². The van der Waals surface area contributed by atoms with Crippen LogP contribution >= 0.6 is 0 Å². The van der Waals surface area contributed by atoms with Gasteiger partial charge < -0.3 is 33.5 Å². The van der Waals surface area contributed by atoms with E-state index in [1.54, 1.807) is 7.11 Å². The molecule has 4 aromatic carbocycles. The highest BCUT2D eigenvalue weighted by molar-refractivity contribution is 5.26. The van der Waals surface area contributed by atoms with Crippen molar-refractivity contribution in [2.45, 2.75) is 57.1 Å². The Morgan fingerprint density at radius 3 is 1.43 bits per heavy atom. The molecule has 1 aliphatic heterocycles. The lowest BCUT2D eigenvalue weighted by molar-refractivity contribution is -0.329. The Kier molecular flexibility index (Phi) is 11.1. The third kappa shape index (κ3) is 8.26. The van der Waals surface area contributed by atoms with Crippen LogP contribution in [0.1, 0.15) is 22.3 Å². The van der Waals surface area contributed by atoms with Crippen molar-refractivity contribution < 1.29 is 33.5 Å². The van der Waals surface area contributed by atoms with Crippen LogP contribution in [0.4, 0.5) is 0 Å². The molecule has 7 heteroatoms. The second kappa shape index (κ2) is 15.6. The van der Waals surface area contributed by atoms with E-state index in [0.717, 1.165) is 28.0 Å². The summed E-state index contributed by atoms with van der Waals surface area (Å²) < 4.78 is 37.5. The summed E-state index contributed by atoms with van der Waals surface area (Å²) in [5, 5.41) is 10.5. The van der Waals surface area contributed by atoms with Gasteiger partial charge in [0, 0.05) is 0 Å². The molecule has 0 amide bonds. The molecule has 0 spiro atoms. The Morgan fingerprint density at radius 1 is 0.524 bits per heavy atom. The number of hydrogen-bond donors (Lipinski definition) is 1. The van der Waals surface area contributed by atoms with Crippen LogP contribution in [-0.4, -0.2) is 49.5 Å². The van der Waals surface area contributed by atoms with E-state index in [9.17, 15) is 5.11 Å². The first kappa shape index (κ1) is 29.9. The maximum Gasteiger partial charge on any atom is 0.187 e. The molecule has 0 unspecified atom stereocenters. The van der Waals surface area contributed by atoms with Gasteiger partial charge in [0.25, 0.3) is 0 Å². The molecule has 42 heavy (non-hydrogen) atoms. The summed E-state index contributed by atoms with van der Waals surface area (Å²) in [6, 6.07) is 37.5. The van der Waals surface area contributed by atoms with Gasteiger partial charge in [-0.05, 0) is 34.4 Å².